The Kier molecular flexibility index (Phi) is 7.42. The molecule has 1 aliphatic rings. The molecule has 0 aliphatic heterocycles. The number of nitrogens with zero attached hydrogens (tertiary/aromatic N) is 4. The molecule has 3 heterocycles. The second-order valence-corrected chi connectivity index (χ2v) is 18.1. The number of aromatic nitrogens is 4. The van der Waals surface area contributed by atoms with Crippen LogP contribution in [-0.2, 0) is 5.41 Å². The minimum absolute atomic E-state index is 0.120. The lowest BCUT2D eigenvalue weighted by atomic mass is 9.82. The van der Waals surface area contributed by atoms with Crippen LogP contribution in [0.5, 0.6) is 0 Å². The average molecular weight is 829 g/mol. The van der Waals surface area contributed by atoms with Gasteiger partial charge in [0, 0.05) is 59.9 Å². The van der Waals surface area contributed by atoms with Gasteiger partial charge in [0.25, 0.3) is 0 Å². The fourth-order valence-electron chi connectivity index (χ4n) is 11.4. The molecule has 0 N–H and O–H groups in total. The highest BCUT2D eigenvalue weighted by molar-refractivity contribution is 6.24. The molecule has 0 radical (unpaired) electrons. The van der Waals surface area contributed by atoms with Gasteiger partial charge in [-0.3, -0.25) is 0 Å². The zero-order valence-corrected chi connectivity index (χ0v) is 35.9. The van der Waals surface area contributed by atoms with Crippen LogP contribution in [0.2, 0.25) is 0 Å². The van der Waals surface area contributed by atoms with Crippen LogP contribution in [0.15, 0.2) is 206 Å². The van der Waals surface area contributed by atoms with Crippen molar-refractivity contribution in [3.63, 3.8) is 0 Å². The van der Waals surface area contributed by atoms with Crippen molar-refractivity contribution in [2.75, 3.05) is 0 Å². The third kappa shape index (κ3) is 5.02. The zero-order chi connectivity index (χ0) is 43.0. The second-order valence-electron chi connectivity index (χ2n) is 18.1. The smallest absolute Gasteiger partial charge is 0.160 e. The van der Waals surface area contributed by atoms with E-state index in [9.17, 15) is 0 Å². The Labute approximate surface area is 375 Å². The quantitative estimate of drug-likeness (QED) is 0.177. The maximum Gasteiger partial charge on any atom is 0.160 e. The number of hydrogen-bond donors (Lipinski definition) is 0. The molecule has 65 heavy (non-hydrogen) atoms. The molecule has 13 aromatic rings. The fourth-order valence-corrected chi connectivity index (χ4v) is 11.4. The summed E-state index contributed by atoms with van der Waals surface area (Å²) < 4.78 is 5.00. The summed E-state index contributed by atoms with van der Waals surface area (Å²) in [6, 6.07) is 75.2. The Morgan fingerprint density at radius 2 is 1.06 bits per heavy atom. The molecule has 0 atom stereocenters. The van der Waals surface area contributed by atoms with Crippen molar-refractivity contribution in [1.29, 1.82) is 0 Å². The van der Waals surface area contributed by atoms with Gasteiger partial charge in [0.1, 0.15) is 0 Å². The van der Waals surface area contributed by atoms with E-state index < -0.39 is 0 Å². The first-order chi connectivity index (χ1) is 32.0. The van der Waals surface area contributed by atoms with Crippen molar-refractivity contribution in [2.45, 2.75) is 19.3 Å². The van der Waals surface area contributed by atoms with Gasteiger partial charge in [-0.25, -0.2) is 9.97 Å². The Morgan fingerprint density at radius 3 is 1.92 bits per heavy atom. The maximum atomic E-state index is 5.53. The number of rotatable bonds is 4. The Hall–Kier alpha value is -8.34. The molecule has 10 aromatic carbocycles. The van der Waals surface area contributed by atoms with E-state index in [0.29, 0.717) is 5.82 Å². The predicted octanol–water partition coefficient (Wildman–Crippen LogP) is 15.8. The zero-order valence-electron chi connectivity index (χ0n) is 35.9. The molecule has 14 rings (SSSR count). The molecule has 0 saturated carbocycles. The summed E-state index contributed by atoms with van der Waals surface area (Å²) in [5.74, 6) is 0.702. The molecule has 1 aliphatic carbocycles. The van der Waals surface area contributed by atoms with E-state index in [2.05, 4.69) is 229 Å². The molecule has 0 spiro atoms. The van der Waals surface area contributed by atoms with Gasteiger partial charge in [-0.05, 0) is 69.4 Å². The van der Waals surface area contributed by atoms with Gasteiger partial charge in [0.05, 0.1) is 39.0 Å². The summed E-state index contributed by atoms with van der Waals surface area (Å²) in [7, 11) is 0. The van der Waals surface area contributed by atoms with Crippen LogP contribution in [0, 0.1) is 0 Å². The minimum Gasteiger partial charge on any atom is -0.309 e. The number of hydrogen-bond acceptors (Lipinski definition) is 2. The topological polar surface area (TPSA) is 35.6 Å². The lowest BCUT2D eigenvalue weighted by Crippen LogP contribution is -2.14. The van der Waals surface area contributed by atoms with Crippen molar-refractivity contribution < 1.29 is 0 Å². The summed E-state index contributed by atoms with van der Waals surface area (Å²) in [6.07, 6.45) is 0. The normalized spacial score (nSPS) is 13.2. The van der Waals surface area contributed by atoms with E-state index in [0.717, 1.165) is 44.4 Å². The third-order valence-electron chi connectivity index (χ3n) is 14.3. The van der Waals surface area contributed by atoms with Gasteiger partial charge in [-0.15, -0.1) is 0 Å². The number of para-hydroxylation sites is 3. The summed E-state index contributed by atoms with van der Waals surface area (Å²) in [5, 5.41) is 10.8. The third-order valence-corrected chi connectivity index (χ3v) is 14.3. The lowest BCUT2D eigenvalue weighted by molar-refractivity contribution is 0.660. The van der Waals surface area contributed by atoms with Crippen LogP contribution in [0.4, 0.5) is 0 Å². The molecule has 0 unspecified atom stereocenters. The van der Waals surface area contributed by atoms with Gasteiger partial charge in [-0.2, -0.15) is 0 Å². The monoisotopic (exact) mass is 828 g/mol. The first-order valence-corrected chi connectivity index (χ1v) is 22.5. The van der Waals surface area contributed by atoms with Crippen LogP contribution >= 0.6 is 0 Å². The van der Waals surface area contributed by atoms with E-state index >= 15 is 0 Å². The Morgan fingerprint density at radius 1 is 0.415 bits per heavy atom. The highest BCUT2D eigenvalue weighted by Gasteiger charge is 2.37. The van der Waals surface area contributed by atoms with E-state index in [1.54, 1.807) is 0 Å². The van der Waals surface area contributed by atoms with Crippen molar-refractivity contribution in [1.82, 2.24) is 19.1 Å². The molecule has 0 saturated heterocycles. The van der Waals surface area contributed by atoms with Crippen LogP contribution in [0.1, 0.15) is 25.0 Å². The summed E-state index contributed by atoms with van der Waals surface area (Å²) in [5.41, 5.74) is 16.0. The van der Waals surface area contributed by atoms with E-state index in [1.807, 2.05) is 0 Å². The Bertz CT molecular complexity index is 4160. The van der Waals surface area contributed by atoms with Crippen LogP contribution in [0.3, 0.4) is 0 Å². The molecule has 4 heteroatoms. The highest BCUT2D eigenvalue weighted by atomic mass is 15.0. The SMILES string of the molecule is CC1(C)c2ccccc2-c2c(-c3nc(-c4cccc(-n5c6ccccc6c6c(-n7c8ccccc8c8ccc9ccccc9c87)c7ccccc7cc65)c4)nc4ccccc34)cccc21. The van der Waals surface area contributed by atoms with Crippen molar-refractivity contribution in [3.05, 3.63) is 217 Å². The summed E-state index contributed by atoms with van der Waals surface area (Å²) in [4.78, 5) is 10.8. The highest BCUT2D eigenvalue weighted by Crippen LogP contribution is 2.52. The molecular formula is C61H40N4. The largest absolute Gasteiger partial charge is 0.309 e. The van der Waals surface area contributed by atoms with Crippen molar-refractivity contribution in [3.8, 4) is 45.1 Å². The van der Waals surface area contributed by atoms with Gasteiger partial charge in [0.15, 0.2) is 5.82 Å². The second kappa shape index (κ2) is 13.3. The molecule has 0 fully saturated rings. The van der Waals surface area contributed by atoms with Gasteiger partial charge in [0.2, 0.25) is 0 Å². The molecule has 3 aromatic heterocycles. The standard InChI is InChI=1S/C61H40N4/c1-61(2)49-28-11-7-24-45(49)55-48(27-16-29-50(55)61)57-46-25-8-12-30-51(46)62-60(63-57)39-19-15-20-40(35-39)64-53-32-14-10-26-47(53)56-54(64)36-38-18-4-6-22-42(38)59(56)65-52-31-13-9-23-43(52)44-34-33-37-17-3-5-21-41(37)58(44)65/h3-36H,1-2H3. The maximum absolute atomic E-state index is 5.53. The first kappa shape index (κ1) is 36.2. The van der Waals surface area contributed by atoms with Crippen molar-refractivity contribution in [2.24, 2.45) is 0 Å². The van der Waals surface area contributed by atoms with E-state index in [-0.39, 0.29) is 5.41 Å². The summed E-state index contributed by atoms with van der Waals surface area (Å²) >= 11 is 0. The number of fused-ring (bicyclic) bond motifs is 13. The van der Waals surface area contributed by atoms with Crippen molar-refractivity contribution >= 4 is 76.1 Å². The predicted molar refractivity (Wildman–Crippen MR) is 272 cm³/mol. The minimum atomic E-state index is -0.120. The van der Waals surface area contributed by atoms with Crippen LogP contribution in [-0.4, -0.2) is 19.1 Å². The lowest BCUT2D eigenvalue weighted by Gasteiger charge is -2.21. The molecule has 4 nitrogen and oxygen atoms in total. The molecule has 304 valence electrons. The van der Waals surface area contributed by atoms with Gasteiger partial charge < -0.3 is 9.13 Å². The average Bonchev–Trinajstić information content (AvgIpc) is 3.96. The van der Waals surface area contributed by atoms with Crippen LogP contribution in [0.25, 0.3) is 121 Å². The molecule has 0 bridgehead atoms. The molecule has 0 amide bonds. The van der Waals surface area contributed by atoms with Crippen LogP contribution < -0.4 is 0 Å². The van der Waals surface area contributed by atoms with Gasteiger partial charge >= 0.3 is 0 Å². The van der Waals surface area contributed by atoms with E-state index in [4.69, 9.17) is 9.97 Å². The van der Waals surface area contributed by atoms with E-state index in [1.165, 1.54) is 82.1 Å². The molecular weight excluding hydrogens is 789 g/mol. The number of benzene rings is 10. The first-order valence-electron chi connectivity index (χ1n) is 22.5. The Balaban J connectivity index is 1.04. The van der Waals surface area contributed by atoms with Gasteiger partial charge in [-0.1, -0.05) is 184 Å². The summed E-state index contributed by atoms with van der Waals surface area (Å²) in [6.45, 7) is 4.67. The fraction of sp³-hybridized carbons (Fsp3) is 0.0492.